The molecule has 5 heteroatoms. The van der Waals surface area contributed by atoms with E-state index in [4.69, 9.17) is 0 Å². The maximum atomic E-state index is 13.1. The molecule has 3 rings (SSSR count). The lowest BCUT2D eigenvalue weighted by Gasteiger charge is -2.37. The Balaban J connectivity index is 1.73. The summed E-state index contributed by atoms with van der Waals surface area (Å²) in [5.74, 6) is 0.522. The molecular weight excluding hydrogens is 300 g/mol. The molecule has 0 bridgehead atoms. The van der Waals surface area contributed by atoms with Gasteiger partial charge in [0.25, 0.3) is 5.91 Å². The first kappa shape index (κ1) is 17.5. The average Bonchev–Trinajstić information content (AvgIpc) is 2.93. The van der Waals surface area contributed by atoms with Crippen LogP contribution in [0.25, 0.3) is 0 Å². The first-order valence-electron chi connectivity index (χ1n) is 9.62. The third kappa shape index (κ3) is 3.51. The number of nitrogens with zero attached hydrogens (tertiary/aromatic N) is 3. The number of aromatic nitrogens is 2. The van der Waals surface area contributed by atoms with Crippen LogP contribution in [0.5, 0.6) is 0 Å². The Morgan fingerprint density at radius 1 is 1.25 bits per heavy atom. The quantitative estimate of drug-likeness (QED) is 0.925. The second kappa shape index (κ2) is 7.26. The van der Waals surface area contributed by atoms with Crippen molar-refractivity contribution in [1.82, 2.24) is 20.0 Å². The SMILES string of the molecule is CCn1nc(C(C)C)cc1C(=O)N1CCCC2(CCNCC2)CC1. The van der Waals surface area contributed by atoms with E-state index in [1.54, 1.807) is 0 Å². The minimum Gasteiger partial charge on any atom is -0.337 e. The average molecular weight is 332 g/mol. The highest BCUT2D eigenvalue weighted by Gasteiger charge is 2.35. The molecule has 0 aromatic carbocycles. The predicted molar refractivity (Wildman–Crippen MR) is 96.3 cm³/mol. The second-order valence-electron chi connectivity index (χ2n) is 7.82. The van der Waals surface area contributed by atoms with Gasteiger partial charge in [-0.2, -0.15) is 5.10 Å². The summed E-state index contributed by atoms with van der Waals surface area (Å²) in [4.78, 5) is 15.2. The fourth-order valence-corrected chi connectivity index (χ4v) is 4.21. The van der Waals surface area contributed by atoms with E-state index in [2.05, 4.69) is 36.1 Å². The fraction of sp³-hybridized carbons (Fsp3) is 0.789. The molecule has 2 aliphatic heterocycles. The van der Waals surface area contributed by atoms with Crippen molar-refractivity contribution in [3.8, 4) is 0 Å². The molecule has 5 nitrogen and oxygen atoms in total. The third-order valence-corrected chi connectivity index (χ3v) is 5.91. The van der Waals surface area contributed by atoms with Gasteiger partial charge in [-0.15, -0.1) is 0 Å². The van der Waals surface area contributed by atoms with Crippen molar-refractivity contribution in [3.63, 3.8) is 0 Å². The molecule has 0 saturated carbocycles. The number of rotatable bonds is 3. The summed E-state index contributed by atoms with van der Waals surface area (Å²) < 4.78 is 1.88. The number of hydrogen-bond donors (Lipinski definition) is 1. The number of piperidine rings is 1. The Morgan fingerprint density at radius 3 is 2.67 bits per heavy atom. The zero-order valence-electron chi connectivity index (χ0n) is 15.5. The molecule has 2 aliphatic rings. The highest BCUT2D eigenvalue weighted by molar-refractivity contribution is 5.92. The van der Waals surface area contributed by atoms with Crippen molar-refractivity contribution < 1.29 is 4.79 Å². The zero-order valence-corrected chi connectivity index (χ0v) is 15.5. The van der Waals surface area contributed by atoms with Crippen LogP contribution in [0, 0.1) is 5.41 Å². The Kier molecular flexibility index (Phi) is 5.28. The van der Waals surface area contributed by atoms with E-state index in [1.165, 1.54) is 19.3 Å². The molecule has 1 N–H and O–H groups in total. The number of aryl methyl sites for hydroxylation is 1. The highest BCUT2D eigenvalue weighted by atomic mass is 16.2. The first-order valence-corrected chi connectivity index (χ1v) is 9.62. The molecule has 2 saturated heterocycles. The molecule has 0 unspecified atom stereocenters. The predicted octanol–water partition coefficient (Wildman–Crippen LogP) is 3.02. The van der Waals surface area contributed by atoms with Crippen LogP contribution in [-0.4, -0.2) is 46.8 Å². The summed E-state index contributed by atoms with van der Waals surface area (Å²) >= 11 is 0. The van der Waals surface area contributed by atoms with E-state index in [0.717, 1.165) is 57.0 Å². The van der Waals surface area contributed by atoms with Crippen LogP contribution in [0.15, 0.2) is 6.07 Å². The summed E-state index contributed by atoms with van der Waals surface area (Å²) in [6.07, 6.45) is 6.07. The van der Waals surface area contributed by atoms with Gasteiger partial charge >= 0.3 is 0 Å². The summed E-state index contributed by atoms with van der Waals surface area (Å²) in [5.41, 5.74) is 2.25. The van der Waals surface area contributed by atoms with Gasteiger partial charge in [0.15, 0.2) is 0 Å². The molecule has 1 amide bonds. The van der Waals surface area contributed by atoms with Crippen molar-refractivity contribution in [2.24, 2.45) is 5.41 Å². The molecule has 134 valence electrons. The Labute approximate surface area is 145 Å². The Morgan fingerprint density at radius 2 is 2.00 bits per heavy atom. The first-order chi connectivity index (χ1) is 11.5. The van der Waals surface area contributed by atoms with Gasteiger partial charge in [0.05, 0.1) is 5.69 Å². The fourth-order valence-electron chi connectivity index (χ4n) is 4.21. The lowest BCUT2D eigenvalue weighted by atomic mass is 9.73. The smallest absolute Gasteiger partial charge is 0.272 e. The van der Waals surface area contributed by atoms with Crippen LogP contribution in [0.3, 0.4) is 0 Å². The van der Waals surface area contributed by atoms with Gasteiger partial charge in [0, 0.05) is 19.6 Å². The molecule has 24 heavy (non-hydrogen) atoms. The summed E-state index contributed by atoms with van der Waals surface area (Å²) in [7, 11) is 0. The topological polar surface area (TPSA) is 50.2 Å². The van der Waals surface area contributed by atoms with E-state index in [0.29, 0.717) is 11.3 Å². The summed E-state index contributed by atoms with van der Waals surface area (Å²) in [5, 5.41) is 8.08. The van der Waals surface area contributed by atoms with Gasteiger partial charge in [-0.3, -0.25) is 9.48 Å². The monoisotopic (exact) mass is 332 g/mol. The largest absolute Gasteiger partial charge is 0.337 e. The number of amides is 1. The third-order valence-electron chi connectivity index (χ3n) is 5.91. The molecule has 1 spiro atoms. The van der Waals surface area contributed by atoms with Crippen LogP contribution in [0.4, 0.5) is 0 Å². The van der Waals surface area contributed by atoms with E-state index in [1.807, 2.05) is 10.7 Å². The Hall–Kier alpha value is -1.36. The van der Waals surface area contributed by atoms with Gasteiger partial charge in [-0.1, -0.05) is 13.8 Å². The van der Waals surface area contributed by atoms with Gasteiger partial charge in [-0.25, -0.2) is 0 Å². The lowest BCUT2D eigenvalue weighted by molar-refractivity contribution is 0.0738. The van der Waals surface area contributed by atoms with E-state index in [-0.39, 0.29) is 5.91 Å². The summed E-state index contributed by atoms with van der Waals surface area (Å²) in [6.45, 7) is 11.1. The van der Waals surface area contributed by atoms with Crippen molar-refractivity contribution in [1.29, 1.82) is 0 Å². The van der Waals surface area contributed by atoms with Gasteiger partial charge < -0.3 is 10.2 Å². The Bertz CT molecular complexity index is 572. The van der Waals surface area contributed by atoms with E-state index < -0.39 is 0 Å². The highest BCUT2D eigenvalue weighted by Crippen LogP contribution is 2.39. The van der Waals surface area contributed by atoms with Crippen LogP contribution >= 0.6 is 0 Å². The maximum Gasteiger partial charge on any atom is 0.272 e. The van der Waals surface area contributed by atoms with Crippen LogP contribution in [0.1, 0.15) is 75.0 Å². The maximum absolute atomic E-state index is 13.1. The van der Waals surface area contributed by atoms with Gasteiger partial charge in [0.1, 0.15) is 5.69 Å². The van der Waals surface area contributed by atoms with Crippen LogP contribution < -0.4 is 5.32 Å². The molecule has 0 radical (unpaired) electrons. The van der Waals surface area contributed by atoms with Crippen molar-refractivity contribution >= 4 is 5.91 Å². The lowest BCUT2D eigenvalue weighted by Crippen LogP contribution is -2.38. The number of carbonyl (C=O) groups excluding carboxylic acids is 1. The van der Waals surface area contributed by atoms with Crippen molar-refractivity contribution in [2.45, 2.75) is 65.3 Å². The standard InChI is InChI=1S/C19H32N4O/c1-4-23-17(14-16(21-23)15(2)3)18(24)22-12-5-6-19(9-13-22)7-10-20-11-8-19/h14-15,20H,4-13H2,1-3H3. The van der Waals surface area contributed by atoms with Crippen molar-refractivity contribution in [2.75, 3.05) is 26.2 Å². The van der Waals surface area contributed by atoms with Crippen LogP contribution in [0.2, 0.25) is 0 Å². The molecule has 1 aromatic rings. The van der Waals surface area contributed by atoms with E-state index in [9.17, 15) is 4.79 Å². The van der Waals surface area contributed by atoms with Gasteiger partial charge in [-0.05, 0) is 69.5 Å². The van der Waals surface area contributed by atoms with E-state index >= 15 is 0 Å². The zero-order chi connectivity index (χ0) is 17.2. The number of nitrogens with one attached hydrogen (secondary N) is 1. The molecular formula is C19H32N4O. The number of carbonyl (C=O) groups is 1. The molecule has 3 heterocycles. The molecule has 1 aromatic heterocycles. The minimum atomic E-state index is 0.169. The number of likely N-dealkylation sites (tertiary alicyclic amines) is 1. The molecule has 0 atom stereocenters. The van der Waals surface area contributed by atoms with Gasteiger partial charge in [0.2, 0.25) is 0 Å². The van der Waals surface area contributed by atoms with Crippen molar-refractivity contribution in [3.05, 3.63) is 17.5 Å². The minimum absolute atomic E-state index is 0.169. The molecule has 2 fully saturated rings. The number of hydrogen-bond acceptors (Lipinski definition) is 3. The summed E-state index contributed by atoms with van der Waals surface area (Å²) in [6, 6.07) is 2.00. The van der Waals surface area contributed by atoms with Crippen LogP contribution in [-0.2, 0) is 6.54 Å². The molecule has 0 aliphatic carbocycles. The normalized spacial score (nSPS) is 21.2. The second-order valence-corrected chi connectivity index (χ2v) is 7.82.